The summed E-state index contributed by atoms with van der Waals surface area (Å²) in [6, 6.07) is 9.31. The molecule has 144 valence electrons. The summed E-state index contributed by atoms with van der Waals surface area (Å²) in [5.74, 6) is 0.369. The van der Waals surface area contributed by atoms with Crippen LogP contribution in [0, 0.1) is 6.92 Å². The van der Waals surface area contributed by atoms with Gasteiger partial charge in [-0.3, -0.25) is 9.59 Å². The Labute approximate surface area is 165 Å². The second kappa shape index (κ2) is 7.47. The highest BCUT2D eigenvalue weighted by Crippen LogP contribution is 2.37. The summed E-state index contributed by atoms with van der Waals surface area (Å²) >= 11 is 1.51. The van der Waals surface area contributed by atoms with Crippen molar-refractivity contribution in [3.63, 3.8) is 0 Å². The van der Waals surface area contributed by atoms with Crippen LogP contribution in [0.2, 0.25) is 0 Å². The molecule has 2 N–H and O–H groups in total. The lowest BCUT2D eigenvalue weighted by molar-refractivity contribution is -0.119. The Balaban J connectivity index is 1.71. The number of anilines is 1. The van der Waals surface area contributed by atoms with Crippen molar-refractivity contribution in [1.82, 2.24) is 5.16 Å². The lowest BCUT2D eigenvalue weighted by atomic mass is 9.99. The van der Waals surface area contributed by atoms with Crippen LogP contribution in [0.4, 0.5) is 5.69 Å². The molecule has 0 bridgehead atoms. The fourth-order valence-electron chi connectivity index (χ4n) is 3.43. The topological polar surface area (TPSA) is 98.7 Å². The zero-order valence-corrected chi connectivity index (χ0v) is 16.1. The summed E-state index contributed by atoms with van der Waals surface area (Å²) in [6.45, 7) is 2.13. The third kappa shape index (κ3) is 3.27. The minimum atomic E-state index is -0.540. The Morgan fingerprint density at radius 3 is 2.93 bits per heavy atom. The van der Waals surface area contributed by atoms with Gasteiger partial charge in [-0.15, -0.1) is 11.3 Å². The highest BCUT2D eigenvalue weighted by atomic mass is 32.1. The van der Waals surface area contributed by atoms with E-state index in [-0.39, 0.29) is 12.5 Å². The molecule has 0 atom stereocenters. The third-order valence-corrected chi connectivity index (χ3v) is 5.53. The van der Waals surface area contributed by atoms with Crippen molar-refractivity contribution in [3.05, 3.63) is 52.6 Å². The summed E-state index contributed by atoms with van der Waals surface area (Å²) in [6.07, 6.45) is 1.54. The number of ether oxygens (including phenoxy) is 1. The van der Waals surface area contributed by atoms with Crippen LogP contribution in [0.3, 0.4) is 0 Å². The molecule has 0 unspecified atom stereocenters. The molecule has 0 saturated heterocycles. The molecule has 8 heteroatoms. The summed E-state index contributed by atoms with van der Waals surface area (Å²) in [4.78, 5) is 27.1. The molecule has 3 heterocycles. The lowest BCUT2D eigenvalue weighted by Gasteiger charge is -2.30. The van der Waals surface area contributed by atoms with E-state index in [4.69, 9.17) is 15.0 Å². The van der Waals surface area contributed by atoms with Crippen LogP contribution in [0.1, 0.15) is 28.1 Å². The molecular formula is C20H19N3O4S. The van der Waals surface area contributed by atoms with Crippen LogP contribution in [-0.4, -0.2) is 30.1 Å². The summed E-state index contributed by atoms with van der Waals surface area (Å²) < 4.78 is 10.9. The minimum absolute atomic E-state index is 0.157. The number of fused-ring (bicyclic) bond motifs is 1. The number of nitrogens with two attached hydrogens (primary N) is 1. The number of rotatable bonds is 5. The van der Waals surface area contributed by atoms with Gasteiger partial charge in [0.2, 0.25) is 0 Å². The number of hydrogen-bond acceptors (Lipinski definition) is 6. The summed E-state index contributed by atoms with van der Waals surface area (Å²) in [5, 5.41) is 6.04. The first-order valence-electron chi connectivity index (χ1n) is 8.91. The van der Waals surface area contributed by atoms with Gasteiger partial charge in [0.1, 0.15) is 22.8 Å². The number of hydrogen-bond donors (Lipinski definition) is 1. The fraction of sp³-hybridized carbons (Fsp3) is 0.250. The predicted molar refractivity (Wildman–Crippen MR) is 106 cm³/mol. The monoisotopic (exact) mass is 397 g/mol. The molecule has 1 aromatic carbocycles. The van der Waals surface area contributed by atoms with Crippen LogP contribution < -0.4 is 15.4 Å². The number of nitrogens with zero attached hydrogens (tertiary/aromatic N) is 2. The first kappa shape index (κ1) is 18.2. The van der Waals surface area contributed by atoms with Gasteiger partial charge < -0.3 is 19.9 Å². The van der Waals surface area contributed by atoms with Crippen LogP contribution in [0.5, 0.6) is 5.75 Å². The quantitative estimate of drug-likeness (QED) is 0.713. The first-order valence-corrected chi connectivity index (χ1v) is 9.79. The molecule has 0 saturated carbocycles. The van der Waals surface area contributed by atoms with Crippen molar-refractivity contribution in [1.29, 1.82) is 0 Å². The highest BCUT2D eigenvalue weighted by Gasteiger charge is 2.31. The SMILES string of the molecule is Cc1onc(-c2cccs2)c1C(=O)N1CCCc2c(OCC(N)=O)cccc21. The Hall–Kier alpha value is -3.13. The predicted octanol–water partition coefficient (Wildman–Crippen LogP) is 3.17. The standard InChI is InChI=1S/C20H19N3O4S/c1-12-18(19(22-27-12)16-8-4-10-28-16)20(25)23-9-3-5-13-14(23)6-2-7-15(13)26-11-17(21)24/h2,4,6-8,10H,3,5,9,11H2,1H3,(H2,21,24). The zero-order chi connectivity index (χ0) is 19.7. The normalized spacial score (nSPS) is 13.2. The van der Waals surface area contributed by atoms with E-state index in [1.54, 1.807) is 24.0 Å². The van der Waals surface area contributed by atoms with Crippen molar-refractivity contribution in [3.8, 4) is 16.3 Å². The number of benzene rings is 1. The zero-order valence-electron chi connectivity index (χ0n) is 15.3. The number of aryl methyl sites for hydroxylation is 1. The maximum absolute atomic E-state index is 13.5. The van der Waals surface area contributed by atoms with Gasteiger partial charge in [0.05, 0.1) is 10.6 Å². The van der Waals surface area contributed by atoms with Crippen LogP contribution in [0.15, 0.2) is 40.2 Å². The van der Waals surface area contributed by atoms with E-state index >= 15 is 0 Å². The molecule has 1 aliphatic rings. The maximum Gasteiger partial charge on any atom is 0.264 e. The van der Waals surface area contributed by atoms with Crippen LogP contribution in [0.25, 0.3) is 10.6 Å². The Morgan fingerprint density at radius 2 is 2.18 bits per heavy atom. The number of amides is 2. The van der Waals surface area contributed by atoms with Gasteiger partial charge in [-0.05, 0) is 43.3 Å². The van der Waals surface area contributed by atoms with E-state index in [1.165, 1.54) is 11.3 Å². The van der Waals surface area contributed by atoms with Crippen molar-refractivity contribution < 1.29 is 18.8 Å². The van der Waals surface area contributed by atoms with Gasteiger partial charge in [0.15, 0.2) is 6.61 Å². The average Bonchev–Trinajstić information content (AvgIpc) is 3.34. The molecule has 0 fully saturated rings. The van der Waals surface area contributed by atoms with E-state index in [2.05, 4.69) is 5.16 Å². The highest BCUT2D eigenvalue weighted by molar-refractivity contribution is 7.13. The van der Waals surface area contributed by atoms with Crippen molar-refractivity contribution in [2.24, 2.45) is 5.73 Å². The Bertz CT molecular complexity index is 1030. The Morgan fingerprint density at radius 1 is 1.32 bits per heavy atom. The van der Waals surface area contributed by atoms with E-state index in [1.807, 2.05) is 23.6 Å². The van der Waals surface area contributed by atoms with Crippen LogP contribution in [-0.2, 0) is 11.2 Å². The van der Waals surface area contributed by atoms with Crippen molar-refractivity contribution >= 4 is 28.8 Å². The second-order valence-electron chi connectivity index (χ2n) is 6.51. The van der Waals surface area contributed by atoms with Crippen LogP contribution >= 0.6 is 11.3 Å². The fourth-order valence-corrected chi connectivity index (χ4v) is 4.14. The summed E-state index contributed by atoms with van der Waals surface area (Å²) in [7, 11) is 0. The molecule has 0 radical (unpaired) electrons. The number of aromatic nitrogens is 1. The molecule has 0 spiro atoms. The van der Waals surface area contributed by atoms with Crippen molar-refractivity contribution in [2.45, 2.75) is 19.8 Å². The van der Waals surface area contributed by atoms with Gasteiger partial charge in [-0.1, -0.05) is 17.3 Å². The van der Waals surface area contributed by atoms with Gasteiger partial charge >= 0.3 is 0 Å². The number of carbonyl (C=O) groups excluding carboxylic acids is 2. The molecule has 7 nitrogen and oxygen atoms in total. The van der Waals surface area contributed by atoms with E-state index in [0.29, 0.717) is 29.3 Å². The average molecular weight is 397 g/mol. The molecular weight excluding hydrogens is 378 g/mol. The molecule has 4 rings (SSSR count). The second-order valence-corrected chi connectivity index (χ2v) is 7.46. The number of primary amides is 1. The first-order chi connectivity index (χ1) is 13.6. The molecule has 1 aliphatic heterocycles. The minimum Gasteiger partial charge on any atom is -0.483 e. The maximum atomic E-state index is 13.5. The smallest absolute Gasteiger partial charge is 0.264 e. The van der Waals surface area contributed by atoms with Gasteiger partial charge in [0, 0.05) is 12.1 Å². The van der Waals surface area contributed by atoms with Gasteiger partial charge in [-0.25, -0.2) is 0 Å². The molecule has 2 amide bonds. The van der Waals surface area contributed by atoms with Crippen molar-refractivity contribution in [2.75, 3.05) is 18.1 Å². The molecule has 0 aliphatic carbocycles. The summed E-state index contributed by atoms with van der Waals surface area (Å²) in [5.41, 5.74) is 7.90. The number of carbonyl (C=O) groups is 2. The third-order valence-electron chi connectivity index (χ3n) is 4.65. The molecule has 3 aromatic rings. The van der Waals surface area contributed by atoms with E-state index < -0.39 is 5.91 Å². The lowest BCUT2D eigenvalue weighted by Crippen LogP contribution is -2.36. The Kier molecular flexibility index (Phi) is 4.87. The largest absolute Gasteiger partial charge is 0.483 e. The molecule has 2 aromatic heterocycles. The number of thiophene rings is 1. The van der Waals surface area contributed by atoms with E-state index in [0.717, 1.165) is 29.0 Å². The van der Waals surface area contributed by atoms with E-state index in [9.17, 15) is 9.59 Å². The molecule has 28 heavy (non-hydrogen) atoms. The van der Waals surface area contributed by atoms with Gasteiger partial charge in [0.25, 0.3) is 11.8 Å². The van der Waals surface area contributed by atoms with Gasteiger partial charge in [-0.2, -0.15) is 0 Å².